The fourth-order valence-electron chi connectivity index (χ4n) is 3.91. The second kappa shape index (κ2) is 7.69. The number of nitrogens with one attached hydrogen (secondary N) is 1. The summed E-state index contributed by atoms with van der Waals surface area (Å²) in [6.07, 6.45) is 2.57. The van der Waals surface area contributed by atoms with Gasteiger partial charge in [-0.25, -0.2) is 10.6 Å². The van der Waals surface area contributed by atoms with Gasteiger partial charge in [-0.1, -0.05) is 0 Å². The van der Waals surface area contributed by atoms with Gasteiger partial charge in [0.25, 0.3) is 0 Å². The molecule has 2 aliphatic heterocycles. The van der Waals surface area contributed by atoms with Gasteiger partial charge in [-0.2, -0.15) is 0 Å². The van der Waals surface area contributed by atoms with Crippen LogP contribution >= 0.6 is 0 Å². The molecule has 1 fully saturated rings. The molecule has 154 valence electrons. The van der Waals surface area contributed by atoms with Crippen molar-refractivity contribution in [3.8, 4) is 0 Å². The number of carboxylic acids is 1. The van der Waals surface area contributed by atoms with Gasteiger partial charge >= 0.3 is 5.97 Å². The highest BCUT2D eigenvalue weighted by atomic mass is 16.4. The first kappa shape index (κ1) is 20.6. The summed E-state index contributed by atoms with van der Waals surface area (Å²) in [6, 6.07) is 4.48. The number of aliphatic hydroxyl groups is 1. The van der Waals surface area contributed by atoms with Crippen molar-refractivity contribution in [2.45, 2.75) is 32.4 Å². The van der Waals surface area contributed by atoms with Gasteiger partial charge in [0.05, 0.1) is 23.8 Å². The Hall–Kier alpha value is -3.17. The topological polar surface area (TPSA) is 136 Å². The number of hydrogen-bond acceptors (Lipinski definition) is 7. The number of anilines is 1. The van der Waals surface area contributed by atoms with E-state index in [2.05, 4.69) is 5.32 Å². The first-order valence-corrected chi connectivity index (χ1v) is 9.19. The first-order chi connectivity index (χ1) is 13.7. The number of aliphatic carboxylic acids is 1. The summed E-state index contributed by atoms with van der Waals surface area (Å²) in [7, 11) is 1.71. The van der Waals surface area contributed by atoms with Crippen LogP contribution in [0, 0.1) is 5.92 Å². The average molecular weight is 400 g/mol. The van der Waals surface area contributed by atoms with Crippen molar-refractivity contribution in [3.05, 3.63) is 47.4 Å². The molecule has 0 aromatic heterocycles. The highest BCUT2D eigenvalue weighted by Gasteiger charge is 2.56. The number of aliphatic hydroxyl groups excluding tert-OH is 1. The zero-order chi connectivity index (χ0) is 21.5. The lowest BCUT2D eigenvalue weighted by Gasteiger charge is -2.44. The van der Waals surface area contributed by atoms with Crippen LogP contribution in [0.3, 0.4) is 0 Å². The van der Waals surface area contributed by atoms with Crippen LogP contribution in [0.1, 0.15) is 36.2 Å². The number of carbonyl (C=O) groups excluding carboxylic acids is 2. The highest BCUT2D eigenvalue weighted by molar-refractivity contribution is 6.07. The van der Waals surface area contributed by atoms with Crippen molar-refractivity contribution < 1.29 is 24.6 Å². The molecule has 2 aliphatic rings. The van der Waals surface area contributed by atoms with Crippen molar-refractivity contribution in [2.24, 2.45) is 11.8 Å². The number of ketones is 1. The summed E-state index contributed by atoms with van der Waals surface area (Å²) in [6.45, 7) is 2.93. The van der Waals surface area contributed by atoms with E-state index in [9.17, 15) is 24.6 Å². The molecule has 1 aromatic carbocycles. The van der Waals surface area contributed by atoms with E-state index in [1.807, 2.05) is 0 Å². The number of hydrogen-bond donors (Lipinski definition) is 4. The third kappa shape index (κ3) is 3.50. The maximum Gasteiger partial charge on any atom is 0.352 e. The Kier molecular flexibility index (Phi) is 5.45. The van der Waals surface area contributed by atoms with E-state index >= 15 is 0 Å². The first-order valence-electron chi connectivity index (χ1n) is 9.19. The second-order valence-corrected chi connectivity index (χ2v) is 7.21. The molecule has 3 unspecified atom stereocenters. The monoisotopic (exact) mass is 400 g/mol. The van der Waals surface area contributed by atoms with Gasteiger partial charge in [0.1, 0.15) is 5.70 Å². The molecule has 3 atom stereocenters. The third-order valence-corrected chi connectivity index (χ3v) is 5.30. The van der Waals surface area contributed by atoms with Gasteiger partial charge in [-0.15, -0.1) is 0 Å². The lowest BCUT2D eigenvalue weighted by atomic mass is 9.82. The number of amides is 1. The molecule has 0 bridgehead atoms. The largest absolute Gasteiger partial charge is 0.477 e. The number of nitrogens with two attached hydrogens (primary N) is 1. The number of hydrazine groups is 1. The molecule has 0 radical (unpaired) electrons. The molecule has 0 spiro atoms. The molecule has 1 aromatic rings. The molecule has 29 heavy (non-hydrogen) atoms. The van der Waals surface area contributed by atoms with Gasteiger partial charge in [-0.3, -0.25) is 14.6 Å². The van der Waals surface area contributed by atoms with E-state index in [4.69, 9.17) is 5.84 Å². The van der Waals surface area contributed by atoms with Gasteiger partial charge < -0.3 is 20.4 Å². The smallest absolute Gasteiger partial charge is 0.352 e. The zero-order valence-corrected chi connectivity index (χ0v) is 16.4. The number of carbonyl (C=O) groups is 3. The average Bonchev–Trinajstić information content (AvgIpc) is 3.00. The molecular weight excluding hydrogens is 376 g/mol. The Balaban J connectivity index is 2.10. The highest BCUT2D eigenvalue weighted by Crippen LogP contribution is 2.47. The fraction of sp³-hybridized carbons (Fsp3) is 0.350. The Morgan fingerprint density at radius 1 is 1.38 bits per heavy atom. The number of carboxylic acid groups (broad SMARTS) is 1. The third-order valence-electron chi connectivity index (χ3n) is 5.30. The van der Waals surface area contributed by atoms with Crippen LogP contribution in [0.25, 0.3) is 5.57 Å². The van der Waals surface area contributed by atoms with Gasteiger partial charge in [0.15, 0.2) is 5.78 Å². The van der Waals surface area contributed by atoms with Crippen molar-refractivity contribution in [2.75, 3.05) is 12.1 Å². The van der Waals surface area contributed by atoms with E-state index in [1.165, 1.54) is 23.8 Å². The van der Waals surface area contributed by atoms with Crippen molar-refractivity contribution in [3.63, 3.8) is 0 Å². The summed E-state index contributed by atoms with van der Waals surface area (Å²) in [5, 5.41) is 23.8. The predicted octanol–water partition coefficient (Wildman–Crippen LogP) is 0.667. The summed E-state index contributed by atoms with van der Waals surface area (Å²) < 4.78 is 0. The van der Waals surface area contributed by atoms with Crippen LogP contribution in [0.15, 0.2) is 36.3 Å². The predicted molar refractivity (Wildman–Crippen MR) is 106 cm³/mol. The minimum absolute atomic E-state index is 0.113. The number of benzene rings is 1. The Labute approximate surface area is 168 Å². The van der Waals surface area contributed by atoms with Crippen molar-refractivity contribution in [1.29, 1.82) is 0 Å². The number of fused-ring (bicyclic) bond motifs is 1. The molecule has 1 saturated heterocycles. The van der Waals surface area contributed by atoms with Crippen LogP contribution < -0.4 is 16.2 Å². The van der Waals surface area contributed by atoms with Gasteiger partial charge in [0, 0.05) is 25.0 Å². The van der Waals surface area contributed by atoms with E-state index < -0.39 is 29.9 Å². The molecule has 1 amide bonds. The maximum atomic E-state index is 12.4. The van der Waals surface area contributed by atoms with Crippen LogP contribution in [0.5, 0.6) is 0 Å². The summed E-state index contributed by atoms with van der Waals surface area (Å²) in [5.41, 5.74) is 1.69. The summed E-state index contributed by atoms with van der Waals surface area (Å²) in [5.74, 6) is 3.56. The van der Waals surface area contributed by atoms with Crippen LogP contribution in [0.2, 0.25) is 0 Å². The zero-order valence-electron chi connectivity index (χ0n) is 16.4. The molecule has 9 heteroatoms. The Bertz CT molecular complexity index is 937. The quantitative estimate of drug-likeness (QED) is 0.227. The second-order valence-electron chi connectivity index (χ2n) is 7.21. The fourth-order valence-corrected chi connectivity index (χ4v) is 3.91. The number of β-lactam (4-membered cyclic amide) rings is 1. The van der Waals surface area contributed by atoms with E-state index in [-0.39, 0.29) is 17.9 Å². The molecule has 0 saturated carbocycles. The van der Waals surface area contributed by atoms with Crippen molar-refractivity contribution >= 4 is 28.9 Å². The SMILES string of the molecule is CN/C=C\N(N)c1cc(C(C)=O)cc(C2=C(C(=O)O)N3C(=O)C(C(C)O)C3C2)c1. The van der Waals surface area contributed by atoms with E-state index in [1.54, 1.807) is 37.6 Å². The molecule has 3 rings (SSSR count). The van der Waals surface area contributed by atoms with Gasteiger partial charge in [-0.05, 0) is 49.6 Å². The maximum absolute atomic E-state index is 12.4. The molecule has 5 N–H and O–H groups in total. The van der Waals surface area contributed by atoms with Crippen LogP contribution in [0.4, 0.5) is 5.69 Å². The molecule has 2 heterocycles. The lowest BCUT2D eigenvalue weighted by molar-refractivity contribution is -0.161. The van der Waals surface area contributed by atoms with E-state index in [0.717, 1.165) is 0 Å². The standard InChI is InChI=1S/C20H24N4O5/c1-10(25)12-6-13(8-14(7-12)23(21)5-4-22-3)15-9-16-17(11(2)26)19(27)24(16)18(15)20(28)29/h4-8,11,16-17,22,26H,9,21H2,1-3H3,(H,28,29)/b5-4-. The minimum Gasteiger partial charge on any atom is -0.477 e. The summed E-state index contributed by atoms with van der Waals surface area (Å²) >= 11 is 0. The van der Waals surface area contributed by atoms with Crippen LogP contribution in [-0.4, -0.2) is 52.0 Å². The van der Waals surface area contributed by atoms with E-state index in [0.29, 0.717) is 22.4 Å². The molecule has 0 aliphatic carbocycles. The Morgan fingerprint density at radius 3 is 2.62 bits per heavy atom. The number of Topliss-reactive ketones (excluding diaryl/α,β-unsaturated/α-hetero) is 1. The van der Waals surface area contributed by atoms with Crippen molar-refractivity contribution in [1.82, 2.24) is 10.2 Å². The molecular formula is C20H24N4O5. The minimum atomic E-state index is -1.23. The molecule has 9 nitrogen and oxygen atoms in total. The number of nitrogens with zero attached hydrogens (tertiary/aromatic N) is 2. The Morgan fingerprint density at radius 2 is 2.07 bits per heavy atom. The summed E-state index contributed by atoms with van der Waals surface area (Å²) in [4.78, 5) is 37.6. The van der Waals surface area contributed by atoms with Gasteiger partial charge in [0.2, 0.25) is 5.91 Å². The number of rotatable bonds is 7. The normalized spacial score (nSPS) is 21.8. The van der Waals surface area contributed by atoms with Crippen LogP contribution in [-0.2, 0) is 9.59 Å². The lowest BCUT2D eigenvalue weighted by Crippen LogP contribution is -2.61.